The molecular weight excluding hydrogens is 348 g/mol. The fourth-order valence-electron chi connectivity index (χ4n) is 2.42. The summed E-state index contributed by atoms with van der Waals surface area (Å²) in [7, 11) is 3.20. The number of hydrogen-bond acceptors (Lipinski definition) is 7. The molecule has 0 radical (unpaired) electrons. The van der Waals surface area contributed by atoms with Crippen molar-refractivity contribution in [2.45, 2.75) is 13.0 Å². The number of methoxy groups -OCH3 is 2. The summed E-state index contributed by atoms with van der Waals surface area (Å²) >= 11 is 0. The molecule has 1 amide bonds. The smallest absolute Gasteiger partial charge is 0.251 e. The summed E-state index contributed by atoms with van der Waals surface area (Å²) in [6.07, 6.45) is 3.95. The van der Waals surface area contributed by atoms with Crippen LogP contribution in [0.4, 0.5) is 0 Å². The lowest BCUT2D eigenvalue weighted by molar-refractivity contribution is 0.0946. The van der Waals surface area contributed by atoms with E-state index >= 15 is 0 Å². The second-order valence-corrected chi connectivity index (χ2v) is 5.72. The highest BCUT2D eigenvalue weighted by atomic mass is 16.5. The van der Waals surface area contributed by atoms with Crippen LogP contribution in [0, 0.1) is 0 Å². The predicted molar refractivity (Wildman–Crippen MR) is 97.3 cm³/mol. The first-order valence-electron chi connectivity index (χ1n) is 8.37. The monoisotopic (exact) mass is 368 g/mol. The van der Waals surface area contributed by atoms with Crippen LogP contribution in [0.3, 0.4) is 0 Å². The molecular formula is C19H20N4O4. The molecule has 0 saturated carbocycles. The Morgan fingerprint density at radius 3 is 2.70 bits per heavy atom. The van der Waals surface area contributed by atoms with E-state index in [9.17, 15) is 4.79 Å². The third-order valence-electron chi connectivity index (χ3n) is 3.87. The number of aromatic nitrogens is 3. The fourth-order valence-corrected chi connectivity index (χ4v) is 2.42. The zero-order chi connectivity index (χ0) is 19.1. The Labute approximate surface area is 156 Å². The predicted octanol–water partition coefficient (Wildman–Crippen LogP) is 2.26. The quantitative estimate of drug-likeness (QED) is 0.651. The van der Waals surface area contributed by atoms with Gasteiger partial charge in [-0.1, -0.05) is 17.3 Å². The molecule has 140 valence electrons. The third-order valence-corrected chi connectivity index (χ3v) is 3.87. The Morgan fingerprint density at radius 2 is 1.96 bits per heavy atom. The summed E-state index contributed by atoms with van der Waals surface area (Å²) in [6.45, 7) is 0.681. The van der Waals surface area contributed by atoms with Gasteiger partial charge in [-0.25, -0.2) is 0 Å². The second-order valence-electron chi connectivity index (χ2n) is 5.72. The van der Waals surface area contributed by atoms with Crippen molar-refractivity contribution in [3.63, 3.8) is 0 Å². The molecule has 0 spiro atoms. The van der Waals surface area contributed by atoms with Gasteiger partial charge in [0.1, 0.15) is 5.75 Å². The largest absolute Gasteiger partial charge is 0.495 e. The maximum atomic E-state index is 12.3. The van der Waals surface area contributed by atoms with Crippen molar-refractivity contribution < 1.29 is 18.8 Å². The van der Waals surface area contributed by atoms with Crippen LogP contribution in [0.5, 0.6) is 5.75 Å². The van der Waals surface area contributed by atoms with Gasteiger partial charge < -0.3 is 19.3 Å². The van der Waals surface area contributed by atoms with E-state index < -0.39 is 0 Å². The average molecular weight is 368 g/mol. The number of rotatable bonds is 8. The van der Waals surface area contributed by atoms with E-state index in [0.29, 0.717) is 36.1 Å². The minimum Gasteiger partial charge on any atom is -0.495 e. The third kappa shape index (κ3) is 4.89. The van der Waals surface area contributed by atoms with Crippen molar-refractivity contribution in [3.8, 4) is 16.9 Å². The van der Waals surface area contributed by atoms with Gasteiger partial charge in [-0.05, 0) is 23.8 Å². The van der Waals surface area contributed by atoms with Gasteiger partial charge in [-0.2, -0.15) is 4.98 Å². The molecule has 1 N–H and O–H groups in total. The lowest BCUT2D eigenvalue weighted by atomic mass is 10.1. The lowest BCUT2D eigenvalue weighted by Crippen LogP contribution is -2.22. The molecule has 8 nitrogen and oxygen atoms in total. The fraction of sp³-hybridized carbons (Fsp3) is 0.263. The van der Waals surface area contributed by atoms with Gasteiger partial charge in [0, 0.05) is 30.9 Å². The normalized spacial score (nSPS) is 10.6. The highest BCUT2D eigenvalue weighted by Gasteiger charge is 2.10. The van der Waals surface area contributed by atoms with E-state index in [4.69, 9.17) is 14.0 Å². The van der Waals surface area contributed by atoms with E-state index in [1.807, 2.05) is 18.2 Å². The van der Waals surface area contributed by atoms with Crippen LogP contribution in [0.15, 0.2) is 47.2 Å². The van der Waals surface area contributed by atoms with Gasteiger partial charge >= 0.3 is 0 Å². The van der Waals surface area contributed by atoms with Gasteiger partial charge in [0.15, 0.2) is 5.82 Å². The van der Waals surface area contributed by atoms with Crippen molar-refractivity contribution in [2.75, 3.05) is 20.8 Å². The van der Waals surface area contributed by atoms with Crippen molar-refractivity contribution in [1.29, 1.82) is 0 Å². The zero-order valence-corrected chi connectivity index (χ0v) is 15.1. The number of carbonyl (C=O) groups is 1. The van der Waals surface area contributed by atoms with Gasteiger partial charge in [0.25, 0.3) is 5.91 Å². The first kappa shape index (κ1) is 18.5. The highest BCUT2D eigenvalue weighted by Crippen LogP contribution is 2.22. The zero-order valence-electron chi connectivity index (χ0n) is 15.1. The molecule has 0 aliphatic heterocycles. The molecule has 27 heavy (non-hydrogen) atoms. The molecule has 3 rings (SSSR count). The van der Waals surface area contributed by atoms with Crippen LogP contribution < -0.4 is 10.1 Å². The second kappa shape index (κ2) is 8.91. The molecule has 2 aromatic heterocycles. The van der Waals surface area contributed by atoms with Crippen LogP contribution in [0.2, 0.25) is 0 Å². The molecule has 2 heterocycles. The number of benzene rings is 1. The topological polar surface area (TPSA) is 99.4 Å². The van der Waals surface area contributed by atoms with E-state index in [1.54, 1.807) is 38.7 Å². The van der Waals surface area contributed by atoms with Crippen LogP contribution in [0.25, 0.3) is 11.1 Å². The first-order valence-corrected chi connectivity index (χ1v) is 8.37. The Morgan fingerprint density at radius 1 is 1.15 bits per heavy atom. The number of nitrogens with zero attached hydrogens (tertiary/aromatic N) is 3. The number of amides is 1. The van der Waals surface area contributed by atoms with Gasteiger partial charge in [-0.3, -0.25) is 9.78 Å². The molecule has 0 unspecified atom stereocenters. The van der Waals surface area contributed by atoms with Crippen LogP contribution in [-0.2, 0) is 17.7 Å². The van der Waals surface area contributed by atoms with Gasteiger partial charge in [-0.15, -0.1) is 0 Å². The molecule has 0 aliphatic carbocycles. The summed E-state index contributed by atoms with van der Waals surface area (Å²) in [5.74, 6) is 1.37. The van der Waals surface area contributed by atoms with Gasteiger partial charge in [0.2, 0.25) is 5.89 Å². The number of ether oxygens (including phenoxy) is 2. The summed E-state index contributed by atoms with van der Waals surface area (Å²) < 4.78 is 15.2. The van der Waals surface area contributed by atoms with Crippen LogP contribution >= 0.6 is 0 Å². The number of hydrogen-bond donors (Lipinski definition) is 1. The van der Waals surface area contributed by atoms with Crippen molar-refractivity contribution in [1.82, 2.24) is 20.4 Å². The van der Waals surface area contributed by atoms with E-state index in [1.165, 1.54) is 0 Å². The van der Waals surface area contributed by atoms with Crippen LogP contribution in [-0.4, -0.2) is 41.9 Å². The number of pyridine rings is 1. The molecule has 3 aromatic rings. The molecule has 0 atom stereocenters. The molecule has 0 saturated heterocycles. The van der Waals surface area contributed by atoms with E-state index in [-0.39, 0.29) is 12.5 Å². The van der Waals surface area contributed by atoms with Crippen molar-refractivity contribution in [2.24, 2.45) is 0 Å². The van der Waals surface area contributed by atoms with E-state index in [0.717, 1.165) is 11.1 Å². The minimum atomic E-state index is -0.220. The van der Waals surface area contributed by atoms with Crippen molar-refractivity contribution >= 4 is 5.91 Å². The Balaban J connectivity index is 1.59. The first-order chi connectivity index (χ1) is 13.2. The van der Waals surface area contributed by atoms with Crippen molar-refractivity contribution in [3.05, 3.63) is 60.0 Å². The Bertz CT molecular complexity index is 893. The molecule has 0 bridgehead atoms. The summed E-state index contributed by atoms with van der Waals surface area (Å²) in [5.41, 5.74) is 2.39. The minimum absolute atomic E-state index is 0.167. The summed E-state index contributed by atoms with van der Waals surface area (Å²) in [6, 6.07) is 9.12. The molecule has 0 fully saturated rings. The lowest BCUT2D eigenvalue weighted by Gasteiger charge is -2.06. The average Bonchev–Trinajstić information content (AvgIpc) is 3.18. The SMILES string of the molecule is COCCc1noc(CNC(=O)c2ccc(-c3cncc(OC)c3)cc2)n1. The number of nitrogens with one attached hydrogen (secondary N) is 1. The standard InChI is InChI=1S/C19H20N4O4/c1-25-8-7-17-22-18(27-23-17)12-21-19(24)14-5-3-13(4-6-14)15-9-16(26-2)11-20-10-15/h3-6,9-11H,7-8,12H2,1-2H3,(H,21,24). The molecule has 0 aliphatic rings. The summed E-state index contributed by atoms with van der Waals surface area (Å²) in [5, 5.41) is 6.59. The molecule has 8 heteroatoms. The maximum Gasteiger partial charge on any atom is 0.251 e. The van der Waals surface area contributed by atoms with Crippen LogP contribution in [0.1, 0.15) is 22.1 Å². The number of carbonyl (C=O) groups excluding carboxylic acids is 1. The Hall–Kier alpha value is -3.26. The highest BCUT2D eigenvalue weighted by molar-refractivity contribution is 5.94. The van der Waals surface area contributed by atoms with Gasteiger partial charge in [0.05, 0.1) is 26.5 Å². The summed E-state index contributed by atoms with van der Waals surface area (Å²) in [4.78, 5) is 20.6. The Kier molecular flexibility index (Phi) is 6.11. The molecule has 1 aromatic carbocycles. The maximum absolute atomic E-state index is 12.3. The van der Waals surface area contributed by atoms with E-state index in [2.05, 4.69) is 20.4 Å².